The van der Waals surface area contributed by atoms with Crippen LogP contribution in [0.2, 0.25) is 0 Å². The number of rotatable bonds is 3. The van der Waals surface area contributed by atoms with Crippen molar-refractivity contribution in [3.63, 3.8) is 0 Å². The summed E-state index contributed by atoms with van der Waals surface area (Å²) in [5, 5.41) is 8.91. The van der Waals surface area contributed by atoms with Crippen molar-refractivity contribution in [3.8, 4) is 6.07 Å². The molecule has 0 aromatic rings. The van der Waals surface area contributed by atoms with Gasteiger partial charge in [0.15, 0.2) is 0 Å². The average molecular weight is 184 g/mol. The van der Waals surface area contributed by atoms with Crippen LogP contribution in [-0.4, -0.2) is 29.8 Å². The Bertz CT molecular complexity index is 174. The van der Waals surface area contributed by atoms with E-state index < -0.39 is 0 Å². The van der Waals surface area contributed by atoms with Crippen LogP contribution in [0.15, 0.2) is 0 Å². The van der Waals surface area contributed by atoms with Gasteiger partial charge in [-0.3, -0.25) is 0 Å². The molecule has 1 rings (SSSR count). The number of hydrogen-bond acceptors (Lipinski definition) is 3. The normalized spacial score (nSPS) is 26.9. The molecule has 0 N–H and O–H groups in total. The van der Waals surface area contributed by atoms with E-state index in [9.17, 15) is 0 Å². The Morgan fingerprint density at radius 1 is 1.75 bits per heavy atom. The summed E-state index contributed by atoms with van der Waals surface area (Å²) in [5.41, 5.74) is 0. The van der Waals surface area contributed by atoms with E-state index in [2.05, 4.69) is 30.5 Å². The van der Waals surface area contributed by atoms with Crippen LogP contribution in [0.3, 0.4) is 0 Å². The number of hydrogen-bond donors (Lipinski definition) is 1. The van der Waals surface area contributed by atoms with Crippen molar-refractivity contribution < 1.29 is 0 Å². The van der Waals surface area contributed by atoms with Crippen molar-refractivity contribution in [1.29, 1.82) is 5.26 Å². The lowest BCUT2D eigenvalue weighted by atomic mass is 10.1. The summed E-state index contributed by atoms with van der Waals surface area (Å²) >= 11 is 4.43. The molecule has 0 aromatic carbocycles. The molecule has 1 aliphatic heterocycles. The number of likely N-dealkylation sites (tertiary alicyclic amines) is 1. The quantitative estimate of drug-likeness (QED) is 0.674. The van der Waals surface area contributed by atoms with Crippen LogP contribution in [0.1, 0.15) is 19.8 Å². The highest BCUT2D eigenvalue weighted by atomic mass is 32.1. The van der Waals surface area contributed by atoms with Crippen LogP contribution >= 0.6 is 12.6 Å². The minimum atomic E-state index is 0.497. The van der Waals surface area contributed by atoms with Crippen LogP contribution in [0.4, 0.5) is 0 Å². The van der Waals surface area contributed by atoms with Gasteiger partial charge in [0.2, 0.25) is 0 Å². The van der Waals surface area contributed by atoms with Gasteiger partial charge in [0, 0.05) is 24.8 Å². The predicted octanol–water partition coefficient (Wildman–Crippen LogP) is 1.54. The second-order valence-electron chi connectivity index (χ2n) is 3.50. The van der Waals surface area contributed by atoms with Gasteiger partial charge in [0.25, 0.3) is 0 Å². The van der Waals surface area contributed by atoms with Crippen molar-refractivity contribution in [3.05, 3.63) is 0 Å². The van der Waals surface area contributed by atoms with E-state index in [0.717, 1.165) is 25.6 Å². The fraction of sp³-hybridized carbons (Fsp3) is 0.889. The van der Waals surface area contributed by atoms with Gasteiger partial charge < -0.3 is 4.90 Å². The zero-order chi connectivity index (χ0) is 8.97. The first-order valence-electron chi connectivity index (χ1n) is 4.51. The smallest absolute Gasteiger partial charge is 0.0635 e. The Balaban J connectivity index is 2.22. The Labute approximate surface area is 80.0 Å². The molecule has 0 spiro atoms. The Morgan fingerprint density at radius 3 is 3.00 bits per heavy atom. The van der Waals surface area contributed by atoms with Crippen molar-refractivity contribution in [1.82, 2.24) is 4.90 Å². The predicted molar refractivity (Wildman–Crippen MR) is 53.2 cm³/mol. The molecular formula is C9H16N2S. The molecule has 1 fully saturated rings. The van der Waals surface area contributed by atoms with Crippen LogP contribution in [0.5, 0.6) is 0 Å². The summed E-state index contributed by atoms with van der Waals surface area (Å²) in [5.74, 6) is 0.729. The lowest BCUT2D eigenvalue weighted by Gasteiger charge is -2.15. The van der Waals surface area contributed by atoms with Gasteiger partial charge in [-0.2, -0.15) is 17.9 Å². The molecule has 3 heteroatoms. The highest BCUT2D eigenvalue weighted by Crippen LogP contribution is 2.22. The molecule has 1 unspecified atom stereocenters. The van der Waals surface area contributed by atoms with E-state index in [-0.39, 0.29) is 0 Å². The molecule has 0 bridgehead atoms. The lowest BCUT2D eigenvalue weighted by molar-refractivity contribution is 0.332. The highest BCUT2D eigenvalue weighted by molar-refractivity contribution is 7.80. The molecule has 0 aromatic heterocycles. The van der Waals surface area contributed by atoms with Gasteiger partial charge in [-0.15, -0.1) is 0 Å². The molecule has 2 nitrogen and oxygen atoms in total. The van der Waals surface area contributed by atoms with E-state index >= 15 is 0 Å². The van der Waals surface area contributed by atoms with E-state index in [0.29, 0.717) is 11.7 Å². The first kappa shape index (κ1) is 9.88. The summed E-state index contributed by atoms with van der Waals surface area (Å²) in [4.78, 5) is 2.36. The molecule has 12 heavy (non-hydrogen) atoms. The van der Waals surface area contributed by atoms with Crippen molar-refractivity contribution in [2.45, 2.75) is 25.0 Å². The van der Waals surface area contributed by atoms with Gasteiger partial charge in [0.05, 0.1) is 6.07 Å². The van der Waals surface area contributed by atoms with Gasteiger partial charge in [-0.25, -0.2) is 0 Å². The van der Waals surface area contributed by atoms with Crippen LogP contribution in [-0.2, 0) is 0 Å². The van der Waals surface area contributed by atoms with Gasteiger partial charge in [-0.05, 0) is 18.9 Å². The lowest BCUT2D eigenvalue weighted by Crippen LogP contribution is -2.23. The van der Waals surface area contributed by atoms with E-state index in [1.165, 1.54) is 6.42 Å². The molecule has 1 aliphatic rings. The summed E-state index contributed by atoms with van der Waals surface area (Å²) in [7, 11) is 0. The largest absolute Gasteiger partial charge is 0.302 e. The fourth-order valence-electron chi connectivity index (χ4n) is 1.67. The summed E-state index contributed by atoms with van der Waals surface area (Å²) in [6.45, 7) is 5.37. The van der Waals surface area contributed by atoms with Crippen molar-refractivity contribution >= 4 is 12.6 Å². The van der Waals surface area contributed by atoms with Gasteiger partial charge in [0.1, 0.15) is 0 Å². The Kier molecular flexibility index (Phi) is 3.90. The number of nitriles is 1. The maximum absolute atomic E-state index is 8.41. The standard InChI is InChI=1S/C9H16N2S/c1-8(12)9-3-6-11(7-9)5-2-4-10/h8-9,12H,2-3,5-7H2,1H3/t8?,9-/m0/s1. The minimum Gasteiger partial charge on any atom is -0.302 e. The highest BCUT2D eigenvalue weighted by Gasteiger charge is 2.24. The summed E-state index contributed by atoms with van der Waals surface area (Å²) in [6, 6.07) is 2.18. The SMILES string of the molecule is CC(S)[C@H]1CCN(CCC#N)C1. The van der Waals surface area contributed by atoms with Crippen molar-refractivity contribution in [2.24, 2.45) is 5.92 Å². The maximum Gasteiger partial charge on any atom is 0.0635 e. The van der Waals surface area contributed by atoms with Crippen LogP contribution in [0, 0.1) is 17.2 Å². The minimum absolute atomic E-state index is 0.497. The third-order valence-electron chi connectivity index (χ3n) is 2.53. The molecule has 1 saturated heterocycles. The topological polar surface area (TPSA) is 27.0 Å². The molecule has 0 amide bonds. The molecule has 1 heterocycles. The first-order valence-corrected chi connectivity index (χ1v) is 5.03. The Morgan fingerprint density at radius 2 is 2.50 bits per heavy atom. The van der Waals surface area contributed by atoms with Crippen LogP contribution in [0.25, 0.3) is 0 Å². The maximum atomic E-state index is 8.41. The van der Waals surface area contributed by atoms with Crippen molar-refractivity contribution in [2.75, 3.05) is 19.6 Å². The second-order valence-corrected chi connectivity index (χ2v) is 4.31. The monoisotopic (exact) mass is 184 g/mol. The van der Waals surface area contributed by atoms with E-state index in [1.807, 2.05) is 0 Å². The van der Waals surface area contributed by atoms with Gasteiger partial charge in [-0.1, -0.05) is 6.92 Å². The molecular weight excluding hydrogens is 168 g/mol. The molecule has 0 aliphatic carbocycles. The molecule has 0 saturated carbocycles. The summed E-state index contributed by atoms with van der Waals surface area (Å²) < 4.78 is 0. The fourth-order valence-corrected chi connectivity index (χ4v) is 1.91. The third-order valence-corrected chi connectivity index (χ3v) is 2.95. The van der Waals surface area contributed by atoms with Gasteiger partial charge >= 0.3 is 0 Å². The molecule has 0 radical (unpaired) electrons. The number of nitrogens with zero attached hydrogens (tertiary/aromatic N) is 2. The van der Waals surface area contributed by atoms with Crippen LogP contribution < -0.4 is 0 Å². The number of thiol groups is 1. The molecule has 68 valence electrons. The Hall–Kier alpha value is -0.200. The first-order chi connectivity index (χ1) is 5.74. The third kappa shape index (κ3) is 2.69. The zero-order valence-electron chi connectivity index (χ0n) is 7.53. The summed E-state index contributed by atoms with van der Waals surface area (Å²) in [6.07, 6.45) is 1.91. The van der Waals surface area contributed by atoms with E-state index in [1.54, 1.807) is 0 Å². The van der Waals surface area contributed by atoms with E-state index in [4.69, 9.17) is 5.26 Å². The zero-order valence-corrected chi connectivity index (χ0v) is 8.43. The molecule has 2 atom stereocenters. The second kappa shape index (κ2) is 4.74. The average Bonchev–Trinajstić information content (AvgIpc) is 2.48.